The van der Waals surface area contributed by atoms with E-state index in [1.807, 2.05) is 0 Å². The van der Waals surface area contributed by atoms with E-state index in [1.54, 1.807) is 24.0 Å². The van der Waals surface area contributed by atoms with Crippen molar-refractivity contribution in [2.75, 3.05) is 7.05 Å². The van der Waals surface area contributed by atoms with E-state index in [0.29, 0.717) is 5.82 Å². The summed E-state index contributed by atoms with van der Waals surface area (Å²) in [5.41, 5.74) is 0. The number of nitrogens with one attached hydrogen (secondary N) is 1. The van der Waals surface area contributed by atoms with Crippen LogP contribution >= 0.6 is 0 Å². The van der Waals surface area contributed by atoms with Crippen molar-refractivity contribution >= 4 is 18.0 Å². The molecule has 3 N–H and O–H groups in total. The second kappa shape index (κ2) is 6.55. The van der Waals surface area contributed by atoms with Gasteiger partial charge in [-0.1, -0.05) is 0 Å². The molecule has 1 aromatic rings. The van der Waals surface area contributed by atoms with Crippen LogP contribution in [0.15, 0.2) is 12.4 Å². The van der Waals surface area contributed by atoms with E-state index >= 15 is 0 Å². The van der Waals surface area contributed by atoms with Crippen molar-refractivity contribution in [2.45, 2.75) is 19.0 Å². The third kappa shape index (κ3) is 4.26. The summed E-state index contributed by atoms with van der Waals surface area (Å²) < 4.78 is 1.72. The molecule has 0 spiro atoms. The quantitative estimate of drug-likeness (QED) is 0.646. The van der Waals surface area contributed by atoms with Crippen LogP contribution in [0.1, 0.15) is 12.2 Å². The number of carboxylic acid groups (broad SMARTS) is 2. The Labute approximate surface area is 114 Å². The first-order valence-corrected chi connectivity index (χ1v) is 5.73. The molecule has 20 heavy (non-hydrogen) atoms. The zero-order valence-corrected chi connectivity index (χ0v) is 11.1. The molecule has 1 unspecified atom stereocenters. The van der Waals surface area contributed by atoms with Gasteiger partial charge in [-0.15, -0.1) is 0 Å². The maximum absolute atomic E-state index is 11.8. The molecule has 0 aliphatic carbocycles. The molecule has 1 rings (SSSR count). The zero-order chi connectivity index (χ0) is 15.3. The number of urea groups is 1. The molecule has 0 saturated carbocycles. The van der Waals surface area contributed by atoms with E-state index in [2.05, 4.69) is 10.3 Å². The predicted molar refractivity (Wildman–Crippen MR) is 66.9 cm³/mol. The van der Waals surface area contributed by atoms with Gasteiger partial charge in [0, 0.05) is 26.5 Å². The Bertz CT molecular complexity index is 513. The SMILES string of the molecule is CN(Cc1nccn1C)C(=O)NC(CC(=O)O)C(=O)O. The van der Waals surface area contributed by atoms with Crippen molar-refractivity contribution in [3.05, 3.63) is 18.2 Å². The van der Waals surface area contributed by atoms with Gasteiger partial charge in [-0.2, -0.15) is 0 Å². The Kier molecular flexibility index (Phi) is 5.07. The van der Waals surface area contributed by atoms with Crippen molar-refractivity contribution in [2.24, 2.45) is 7.05 Å². The molecule has 0 aromatic carbocycles. The molecule has 0 aliphatic rings. The molecule has 0 aliphatic heterocycles. The minimum atomic E-state index is -1.47. The predicted octanol–water partition coefficient (Wildman–Crippen LogP) is -0.511. The number of imidazole rings is 1. The molecular weight excluding hydrogens is 268 g/mol. The number of carbonyl (C=O) groups excluding carboxylic acids is 1. The molecule has 0 saturated heterocycles. The monoisotopic (exact) mass is 284 g/mol. The number of hydrogen-bond acceptors (Lipinski definition) is 4. The Morgan fingerprint density at radius 1 is 1.45 bits per heavy atom. The topological polar surface area (TPSA) is 125 Å². The fourth-order valence-corrected chi connectivity index (χ4v) is 1.47. The van der Waals surface area contributed by atoms with E-state index in [4.69, 9.17) is 10.2 Å². The lowest BCUT2D eigenvalue weighted by atomic mass is 10.2. The first-order chi connectivity index (χ1) is 9.31. The van der Waals surface area contributed by atoms with Crippen LogP contribution in [-0.2, 0) is 23.2 Å². The van der Waals surface area contributed by atoms with Crippen molar-refractivity contribution in [3.8, 4) is 0 Å². The molecular formula is C11H16N4O5. The van der Waals surface area contributed by atoms with E-state index in [0.717, 1.165) is 0 Å². The molecule has 9 nitrogen and oxygen atoms in total. The lowest BCUT2D eigenvalue weighted by molar-refractivity contribution is -0.145. The normalized spacial score (nSPS) is 11.7. The smallest absolute Gasteiger partial charge is 0.326 e. The molecule has 2 amide bonds. The second-order valence-corrected chi connectivity index (χ2v) is 4.25. The minimum absolute atomic E-state index is 0.175. The summed E-state index contributed by atoms with van der Waals surface area (Å²) in [5, 5.41) is 19.6. The summed E-state index contributed by atoms with van der Waals surface area (Å²) >= 11 is 0. The third-order valence-electron chi connectivity index (χ3n) is 2.62. The number of nitrogens with zero attached hydrogens (tertiary/aromatic N) is 3. The molecule has 110 valence electrons. The van der Waals surface area contributed by atoms with Crippen molar-refractivity contribution < 1.29 is 24.6 Å². The second-order valence-electron chi connectivity index (χ2n) is 4.25. The number of aryl methyl sites for hydroxylation is 1. The Balaban J connectivity index is 2.62. The Morgan fingerprint density at radius 2 is 2.10 bits per heavy atom. The molecule has 0 bridgehead atoms. The largest absolute Gasteiger partial charge is 0.481 e. The van der Waals surface area contributed by atoms with E-state index in [1.165, 1.54) is 11.9 Å². The highest BCUT2D eigenvalue weighted by atomic mass is 16.4. The van der Waals surface area contributed by atoms with Gasteiger partial charge in [0.05, 0.1) is 13.0 Å². The molecule has 1 atom stereocenters. The average molecular weight is 284 g/mol. The fraction of sp³-hybridized carbons (Fsp3) is 0.455. The van der Waals surface area contributed by atoms with Crippen LogP contribution in [0, 0.1) is 0 Å². The van der Waals surface area contributed by atoms with Gasteiger partial charge in [0.2, 0.25) is 0 Å². The van der Waals surface area contributed by atoms with Crippen LogP contribution in [0.3, 0.4) is 0 Å². The molecule has 1 heterocycles. The average Bonchev–Trinajstić information content (AvgIpc) is 2.73. The lowest BCUT2D eigenvalue weighted by Crippen LogP contribution is -2.47. The number of amides is 2. The Hall–Kier alpha value is -2.58. The molecule has 9 heteroatoms. The highest BCUT2D eigenvalue weighted by Gasteiger charge is 2.24. The number of carbonyl (C=O) groups is 3. The van der Waals surface area contributed by atoms with E-state index in [-0.39, 0.29) is 6.54 Å². The summed E-state index contributed by atoms with van der Waals surface area (Å²) in [6, 6.07) is -2.15. The molecule has 1 aromatic heterocycles. The molecule has 0 fully saturated rings. The number of rotatable bonds is 6. The van der Waals surface area contributed by atoms with Crippen molar-refractivity contribution in [1.82, 2.24) is 19.8 Å². The van der Waals surface area contributed by atoms with Crippen molar-refractivity contribution in [3.63, 3.8) is 0 Å². The standard InChI is InChI=1S/C11H16N4O5/c1-14-4-3-12-8(14)6-15(2)11(20)13-7(10(18)19)5-9(16)17/h3-4,7H,5-6H2,1-2H3,(H,13,20)(H,16,17)(H,18,19). The maximum atomic E-state index is 11.8. The minimum Gasteiger partial charge on any atom is -0.481 e. The summed E-state index contributed by atoms with van der Waals surface area (Å²) in [6.07, 6.45) is 2.61. The summed E-state index contributed by atoms with van der Waals surface area (Å²) in [7, 11) is 3.22. The van der Waals surface area contributed by atoms with Crippen LogP contribution in [0.25, 0.3) is 0 Å². The first kappa shape index (κ1) is 15.5. The first-order valence-electron chi connectivity index (χ1n) is 5.73. The van der Waals surface area contributed by atoms with Gasteiger partial charge >= 0.3 is 18.0 Å². The number of aromatic nitrogens is 2. The summed E-state index contributed by atoms with van der Waals surface area (Å²) in [4.78, 5) is 38.4. The molecule has 0 radical (unpaired) electrons. The van der Waals surface area contributed by atoms with Crippen LogP contribution < -0.4 is 5.32 Å². The third-order valence-corrected chi connectivity index (χ3v) is 2.62. The highest BCUT2D eigenvalue weighted by Crippen LogP contribution is 2.01. The van der Waals surface area contributed by atoms with Crippen LogP contribution in [0.2, 0.25) is 0 Å². The van der Waals surface area contributed by atoms with Gasteiger partial charge in [0.1, 0.15) is 11.9 Å². The van der Waals surface area contributed by atoms with E-state index in [9.17, 15) is 14.4 Å². The van der Waals surface area contributed by atoms with Gasteiger partial charge in [0.25, 0.3) is 0 Å². The number of hydrogen-bond donors (Lipinski definition) is 3. The highest BCUT2D eigenvalue weighted by molar-refractivity contribution is 5.86. The zero-order valence-electron chi connectivity index (χ0n) is 11.1. The van der Waals surface area contributed by atoms with Gasteiger partial charge in [-0.25, -0.2) is 14.6 Å². The van der Waals surface area contributed by atoms with Gasteiger partial charge in [-0.3, -0.25) is 4.79 Å². The van der Waals surface area contributed by atoms with Crippen LogP contribution in [0.4, 0.5) is 4.79 Å². The van der Waals surface area contributed by atoms with Gasteiger partial charge in [-0.05, 0) is 0 Å². The van der Waals surface area contributed by atoms with E-state index < -0.39 is 30.4 Å². The number of aliphatic carboxylic acids is 2. The van der Waals surface area contributed by atoms with Gasteiger partial charge in [0.15, 0.2) is 0 Å². The Morgan fingerprint density at radius 3 is 2.55 bits per heavy atom. The van der Waals surface area contributed by atoms with Crippen LogP contribution in [-0.4, -0.2) is 55.7 Å². The summed E-state index contributed by atoms with van der Waals surface area (Å²) in [6.45, 7) is 0.175. The van der Waals surface area contributed by atoms with Crippen molar-refractivity contribution in [1.29, 1.82) is 0 Å². The van der Waals surface area contributed by atoms with Crippen LogP contribution in [0.5, 0.6) is 0 Å². The van der Waals surface area contributed by atoms with Gasteiger partial charge < -0.3 is 25.0 Å². The summed E-state index contributed by atoms with van der Waals surface area (Å²) in [5.74, 6) is -2.08. The lowest BCUT2D eigenvalue weighted by Gasteiger charge is -2.20. The maximum Gasteiger partial charge on any atom is 0.326 e. The fourth-order valence-electron chi connectivity index (χ4n) is 1.47. The number of carboxylic acids is 2.